The summed E-state index contributed by atoms with van der Waals surface area (Å²) in [5.74, 6) is 1.56. The van der Waals surface area contributed by atoms with Crippen LogP contribution >= 0.6 is 0 Å². The van der Waals surface area contributed by atoms with Gasteiger partial charge in [0, 0.05) is 24.9 Å². The average molecular weight is 791 g/mol. The topological polar surface area (TPSA) is 115 Å². The molecule has 16 atom stereocenters. The molecule has 0 aromatic heterocycles. The lowest BCUT2D eigenvalue weighted by atomic mass is 9.55. The zero-order valence-corrected chi connectivity index (χ0v) is 33.3. The first kappa shape index (κ1) is 39.0. The fourth-order valence-electron chi connectivity index (χ4n) is 13.0. The van der Waals surface area contributed by atoms with E-state index in [-0.39, 0.29) is 47.7 Å². The zero-order chi connectivity index (χ0) is 39.4. The number of rotatable bonds is 6. The Kier molecular flexibility index (Phi) is 9.60. The summed E-state index contributed by atoms with van der Waals surface area (Å²) in [6, 6.07) is 4.86. The molecule has 6 saturated heterocycles. The molecular weight excluding hydrogens is 733 g/mol. The minimum absolute atomic E-state index is 0.0476. The van der Waals surface area contributed by atoms with Crippen LogP contribution in [0.4, 0.5) is 23.7 Å². The van der Waals surface area contributed by atoms with Crippen LogP contribution in [0, 0.1) is 47.3 Å². The molecule has 4 aliphatic carbocycles. The van der Waals surface area contributed by atoms with Gasteiger partial charge < -0.3 is 14.2 Å². The highest BCUT2D eigenvalue weighted by molar-refractivity contribution is 5.91. The molecule has 1 N–H and O–H groups in total. The van der Waals surface area contributed by atoms with Crippen LogP contribution in [0.1, 0.15) is 112 Å². The first-order valence-corrected chi connectivity index (χ1v) is 21.0. The summed E-state index contributed by atoms with van der Waals surface area (Å²) in [6.07, 6.45) is 3.00. The Labute approximate surface area is 326 Å². The van der Waals surface area contributed by atoms with E-state index in [1.807, 2.05) is 0 Å². The third kappa shape index (κ3) is 6.38. The van der Waals surface area contributed by atoms with Crippen LogP contribution in [0.5, 0.6) is 5.75 Å². The number of hydrogen-bond donors (Lipinski definition) is 1. The Balaban J connectivity index is 1.02. The summed E-state index contributed by atoms with van der Waals surface area (Å²) < 4.78 is 56.6. The molecule has 10 fully saturated rings. The van der Waals surface area contributed by atoms with Gasteiger partial charge in [0.1, 0.15) is 34.3 Å². The van der Waals surface area contributed by atoms with Gasteiger partial charge in [0.05, 0.1) is 24.0 Å². The van der Waals surface area contributed by atoms with Crippen molar-refractivity contribution in [2.24, 2.45) is 52.5 Å². The maximum Gasteiger partial charge on any atom is 0.573 e. The summed E-state index contributed by atoms with van der Waals surface area (Å²) in [7, 11) is 0. The standard InChI is InChI=1S/C42H57F3N2O9/c1-22-7-13-30-24(3)33(49-34-20-38(5)17-15-28(22)40(30,34)55-53-38)19-32(47-52-37(48)46-26-9-11-27(12-10-26)51-42(43,44)45)36-25(4)31-14-8-23(2)29-16-18-39(6)21-35(50-36)41(29,31)56-54-39/h9-12,22-25,28-31,33-36H,7-8,13-21H2,1-6H3,(H,46,48)/b47-32-/t22-,23-,24-,25-,28+,29+,30+,31+,33-,34-,35-,36+,38+,39+,40-,41-/m1/s1. The third-order valence-corrected chi connectivity index (χ3v) is 15.8. The van der Waals surface area contributed by atoms with Crippen molar-refractivity contribution >= 4 is 17.5 Å². The molecule has 6 aliphatic heterocycles. The Morgan fingerprint density at radius 1 is 0.768 bits per heavy atom. The fraction of sp³-hybridized carbons (Fsp3) is 0.810. The van der Waals surface area contributed by atoms with Crippen molar-refractivity contribution in [2.75, 3.05) is 5.32 Å². The van der Waals surface area contributed by atoms with E-state index in [9.17, 15) is 18.0 Å². The molecule has 14 heteroatoms. The quantitative estimate of drug-likeness (QED) is 0.130. The second-order valence-electron chi connectivity index (χ2n) is 19.3. The molecule has 10 aliphatic rings. The molecule has 0 radical (unpaired) electrons. The lowest BCUT2D eigenvalue weighted by Crippen LogP contribution is -2.71. The smallest absolute Gasteiger partial charge is 0.406 e. The Bertz CT molecular complexity index is 1700. The Hall–Kier alpha value is -2.49. The number of hydrogen-bond acceptors (Lipinski definition) is 10. The molecule has 4 saturated carbocycles. The van der Waals surface area contributed by atoms with Crippen LogP contribution < -0.4 is 10.1 Å². The number of nitrogens with one attached hydrogen (secondary N) is 1. The zero-order valence-electron chi connectivity index (χ0n) is 33.3. The minimum Gasteiger partial charge on any atom is -0.406 e. The number of amides is 1. The van der Waals surface area contributed by atoms with Gasteiger partial charge in [-0.15, -0.1) is 13.2 Å². The van der Waals surface area contributed by atoms with Gasteiger partial charge in [0.15, 0.2) is 0 Å². The fourth-order valence-corrected chi connectivity index (χ4v) is 13.0. The number of carbonyl (C=O) groups excluding carboxylic acids is 1. The number of nitrogens with zero attached hydrogens (tertiary/aromatic N) is 1. The molecule has 6 heterocycles. The Morgan fingerprint density at radius 3 is 1.89 bits per heavy atom. The summed E-state index contributed by atoms with van der Waals surface area (Å²) in [6.45, 7) is 13.3. The molecule has 1 aromatic carbocycles. The third-order valence-electron chi connectivity index (χ3n) is 15.8. The van der Waals surface area contributed by atoms with Crippen molar-refractivity contribution in [1.82, 2.24) is 0 Å². The predicted molar refractivity (Wildman–Crippen MR) is 196 cm³/mol. The summed E-state index contributed by atoms with van der Waals surface area (Å²) in [5.41, 5.74) is -1.18. The SMILES string of the molecule is C[C@H]1[C@@H](/C(C[C@H]2O[C@@H]3C[C@]4(C)CC[C@H]5[C@H](C)CC[C@@H]([C@H]2C)[C@@]35OO4)=N\OC(=O)Nc2ccc(OC(F)(F)F)cc2)O[C@@H]2C[C@]3(C)CC[C@H]4[C@H](C)CC[C@@H]1[C@@]24OO3. The van der Waals surface area contributed by atoms with Crippen LogP contribution in [0.25, 0.3) is 0 Å². The highest BCUT2D eigenvalue weighted by Gasteiger charge is 2.70. The maximum absolute atomic E-state index is 13.3. The van der Waals surface area contributed by atoms with Gasteiger partial charge in [-0.05, 0) is 137 Å². The van der Waals surface area contributed by atoms with Gasteiger partial charge in [0.2, 0.25) is 0 Å². The van der Waals surface area contributed by atoms with E-state index >= 15 is 0 Å². The second-order valence-corrected chi connectivity index (χ2v) is 19.3. The van der Waals surface area contributed by atoms with Gasteiger partial charge in [0.25, 0.3) is 0 Å². The molecule has 4 bridgehead atoms. The number of ether oxygens (including phenoxy) is 3. The van der Waals surface area contributed by atoms with Crippen molar-refractivity contribution in [2.45, 2.75) is 165 Å². The van der Waals surface area contributed by atoms with E-state index in [4.69, 9.17) is 33.9 Å². The highest BCUT2D eigenvalue weighted by Crippen LogP contribution is 2.64. The number of anilines is 1. The number of oxime groups is 1. The summed E-state index contributed by atoms with van der Waals surface area (Å²) >= 11 is 0. The van der Waals surface area contributed by atoms with Gasteiger partial charge in [-0.2, -0.15) is 0 Å². The number of halogens is 3. The number of fused-ring (bicyclic) bond motifs is 4. The van der Waals surface area contributed by atoms with E-state index in [2.05, 4.69) is 56.8 Å². The van der Waals surface area contributed by atoms with E-state index in [0.29, 0.717) is 42.2 Å². The number of carbonyl (C=O) groups is 1. The molecule has 56 heavy (non-hydrogen) atoms. The summed E-state index contributed by atoms with van der Waals surface area (Å²) in [4.78, 5) is 44.5. The van der Waals surface area contributed by atoms with Crippen molar-refractivity contribution in [3.63, 3.8) is 0 Å². The van der Waals surface area contributed by atoms with E-state index < -0.39 is 46.7 Å². The first-order chi connectivity index (χ1) is 26.5. The molecule has 11 nitrogen and oxygen atoms in total. The van der Waals surface area contributed by atoms with Crippen molar-refractivity contribution in [1.29, 1.82) is 0 Å². The summed E-state index contributed by atoms with van der Waals surface area (Å²) in [5, 5.41) is 7.21. The molecule has 2 spiro atoms. The van der Waals surface area contributed by atoms with Gasteiger partial charge >= 0.3 is 12.5 Å². The lowest BCUT2D eigenvalue weighted by Gasteiger charge is -2.62. The highest BCUT2D eigenvalue weighted by atomic mass is 19.4. The van der Waals surface area contributed by atoms with Crippen molar-refractivity contribution in [3.05, 3.63) is 24.3 Å². The monoisotopic (exact) mass is 790 g/mol. The van der Waals surface area contributed by atoms with E-state index in [1.54, 1.807) is 0 Å². The largest absolute Gasteiger partial charge is 0.573 e. The maximum atomic E-state index is 13.3. The minimum atomic E-state index is -4.83. The molecule has 11 rings (SSSR count). The van der Waals surface area contributed by atoms with Crippen molar-refractivity contribution in [3.8, 4) is 5.75 Å². The lowest BCUT2D eigenvalue weighted by molar-refractivity contribution is -0.487. The van der Waals surface area contributed by atoms with E-state index in [0.717, 1.165) is 69.9 Å². The van der Waals surface area contributed by atoms with Gasteiger partial charge in [-0.3, -0.25) is 10.2 Å². The molecular formula is C42H57F3N2O9. The molecule has 310 valence electrons. The number of alkyl halides is 3. The van der Waals surface area contributed by atoms with Gasteiger partial charge in [-0.1, -0.05) is 32.9 Å². The molecule has 1 aromatic rings. The van der Waals surface area contributed by atoms with Crippen LogP contribution in [-0.2, 0) is 33.9 Å². The second kappa shape index (κ2) is 13.8. The van der Waals surface area contributed by atoms with Crippen LogP contribution in [0.15, 0.2) is 29.4 Å². The van der Waals surface area contributed by atoms with Crippen LogP contribution in [0.3, 0.4) is 0 Å². The van der Waals surface area contributed by atoms with E-state index in [1.165, 1.54) is 12.1 Å². The van der Waals surface area contributed by atoms with Crippen LogP contribution in [0.2, 0.25) is 0 Å². The van der Waals surface area contributed by atoms with Crippen molar-refractivity contribution < 1.29 is 56.6 Å². The number of benzene rings is 1. The first-order valence-electron chi connectivity index (χ1n) is 21.0. The predicted octanol–water partition coefficient (Wildman–Crippen LogP) is 9.30. The average Bonchev–Trinajstić information content (AvgIpc) is 3.52. The Morgan fingerprint density at radius 2 is 1.32 bits per heavy atom. The van der Waals surface area contributed by atoms with Gasteiger partial charge in [-0.25, -0.2) is 24.3 Å². The molecule has 1 amide bonds. The normalized spacial score (nSPS) is 48.2. The molecule has 0 unspecified atom stereocenters. The van der Waals surface area contributed by atoms with Crippen LogP contribution in [-0.4, -0.2) is 65.0 Å².